The number of hydrogen-bond donors (Lipinski definition) is 2. The quantitative estimate of drug-likeness (QED) is 0.847. The van der Waals surface area contributed by atoms with Crippen molar-refractivity contribution in [2.24, 2.45) is 11.0 Å². The molecule has 6 heteroatoms. The fourth-order valence-corrected chi connectivity index (χ4v) is 1.87. The smallest absolute Gasteiger partial charge is 0.341 e. The molecule has 1 atom stereocenters. The molecule has 0 fully saturated rings. The lowest BCUT2D eigenvalue weighted by Gasteiger charge is -2.19. The molecule has 1 aromatic rings. The van der Waals surface area contributed by atoms with Gasteiger partial charge in [0.2, 0.25) is 5.91 Å². The van der Waals surface area contributed by atoms with Crippen LogP contribution in [0.4, 0.5) is 0 Å². The van der Waals surface area contributed by atoms with Crippen molar-refractivity contribution >= 4 is 17.6 Å². The number of hydrazone groups is 1. The van der Waals surface area contributed by atoms with Gasteiger partial charge >= 0.3 is 5.97 Å². The van der Waals surface area contributed by atoms with Gasteiger partial charge in [-0.1, -0.05) is 6.92 Å². The molecule has 0 saturated heterocycles. The maximum Gasteiger partial charge on any atom is 0.341 e. The van der Waals surface area contributed by atoms with Crippen molar-refractivity contribution in [3.63, 3.8) is 0 Å². The topological polar surface area (TPSA) is 88.0 Å². The lowest BCUT2D eigenvalue weighted by molar-refractivity contribution is -0.139. The summed E-state index contributed by atoms with van der Waals surface area (Å²) in [5, 5.41) is 12.6. The number of ether oxygens (including phenoxy) is 1. The number of carbonyl (C=O) groups excluding carboxylic acids is 1. The molecule has 0 saturated carbocycles. The maximum absolute atomic E-state index is 11.2. The van der Waals surface area contributed by atoms with E-state index in [-0.39, 0.29) is 18.4 Å². The number of nitrogens with one attached hydrogen (secondary N) is 1. The second kappa shape index (κ2) is 5.51. The largest absolute Gasteiger partial charge is 0.482 e. The molecule has 6 nitrogen and oxygen atoms in total. The maximum atomic E-state index is 11.2. The van der Waals surface area contributed by atoms with Crippen molar-refractivity contribution < 1.29 is 19.4 Å². The highest BCUT2D eigenvalue weighted by Crippen LogP contribution is 2.19. The Morgan fingerprint density at radius 3 is 2.74 bits per heavy atom. The van der Waals surface area contributed by atoms with Crippen LogP contribution in [0, 0.1) is 5.92 Å². The van der Waals surface area contributed by atoms with E-state index in [0.717, 1.165) is 11.3 Å². The highest BCUT2D eigenvalue weighted by Gasteiger charge is 2.21. The monoisotopic (exact) mass is 262 g/mol. The second-order valence-electron chi connectivity index (χ2n) is 4.34. The number of aliphatic carboxylic acids is 1. The summed E-state index contributed by atoms with van der Waals surface area (Å²) < 4.78 is 5.04. The Kier molecular flexibility index (Phi) is 3.79. The van der Waals surface area contributed by atoms with Gasteiger partial charge < -0.3 is 9.84 Å². The highest BCUT2D eigenvalue weighted by atomic mass is 16.5. The Bertz CT molecular complexity index is 522. The van der Waals surface area contributed by atoms with Crippen molar-refractivity contribution in [3.05, 3.63) is 29.8 Å². The standard InChI is InChI=1S/C13H14N2O4/c1-8-6-11(16)14-15-13(8)9-2-4-10(5-3-9)19-7-12(17)18/h2-5,8H,6-7H2,1H3,(H,14,16)(H,17,18). The summed E-state index contributed by atoms with van der Waals surface area (Å²) in [7, 11) is 0. The van der Waals surface area contributed by atoms with Gasteiger partial charge in [-0.05, 0) is 29.8 Å². The summed E-state index contributed by atoms with van der Waals surface area (Å²) in [4.78, 5) is 21.5. The Morgan fingerprint density at radius 1 is 1.47 bits per heavy atom. The third kappa shape index (κ3) is 3.31. The van der Waals surface area contributed by atoms with Gasteiger partial charge in [0.05, 0.1) is 5.71 Å². The Hall–Kier alpha value is -2.37. The van der Waals surface area contributed by atoms with E-state index in [4.69, 9.17) is 9.84 Å². The van der Waals surface area contributed by atoms with E-state index in [0.29, 0.717) is 12.2 Å². The molecule has 0 spiro atoms. The van der Waals surface area contributed by atoms with Crippen molar-refractivity contribution in [1.82, 2.24) is 5.43 Å². The lowest BCUT2D eigenvalue weighted by atomic mass is 9.94. The molecule has 1 aliphatic rings. The summed E-state index contributed by atoms with van der Waals surface area (Å²) in [5.74, 6) is -0.562. The third-order valence-corrected chi connectivity index (χ3v) is 2.77. The molecule has 0 aliphatic carbocycles. The average Bonchev–Trinajstić information content (AvgIpc) is 2.37. The van der Waals surface area contributed by atoms with E-state index >= 15 is 0 Å². The highest BCUT2D eigenvalue weighted by molar-refractivity contribution is 6.05. The Balaban J connectivity index is 2.10. The third-order valence-electron chi connectivity index (χ3n) is 2.77. The van der Waals surface area contributed by atoms with Gasteiger partial charge in [0.1, 0.15) is 5.75 Å². The summed E-state index contributed by atoms with van der Waals surface area (Å²) >= 11 is 0. The molecule has 2 N–H and O–H groups in total. The van der Waals surface area contributed by atoms with Crippen LogP contribution in [0.2, 0.25) is 0 Å². The molecule has 0 aromatic heterocycles. The number of carboxylic acid groups (broad SMARTS) is 1. The zero-order valence-electron chi connectivity index (χ0n) is 10.4. The van der Waals surface area contributed by atoms with E-state index in [1.165, 1.54) is 0 Å². The summed E-state index contributed by atoms with van der Waals surface area (Å²) in [6.07, 6.45) is 0.413. The SMILES string of the molecule is CC1CC(=O)NN=C1c1ccc(OCC(=O)O)cc1. The van der Waals surface area contributed by atoms with Crippen molar-refractivity contribution in [2.75, 3.05) is 6.61 Å². The first kappa shape index (κ1) is 13.1. The van der Waals surface area contributed by atoms with E-state index in [1.54, 1.807) is 24.3 Å². The van der Waals surface area contributed by atoms with Crippen LogP contribution >= 0.6 is 0 Å². The van der Waals surface area contributed by atoms with Crippen LogP contribution in [0.5, 0.6) is 5.75 Å². The van der Waals surface area contributed by atoms with Crippen LogP contribution in [0.3, 0.4) is 0 Å². The van der Waals surface area contributed by atoms with Crippen molar-refractivity contribution in [1.29, 1.82) is 0 Å². The zero-order chi connectivity index (χ0) is 13.8. The van der Waals surface area contributed by atoms with Crippen LogP contribution in [-0.4, -0.2) is 29.3 Å². The molecule has 0 radical (unpaired) electrons. The molecule has 1 aliphatic heterocycles. The van der Waals surface area contributed by atoms with Crippen molar-refractivity contribution in [3.8, 4) is 5.75 Å². The number of hydrogen-bond acceptors (Lipinski definition) is 4. The Morgan fingerprint density at radius 2 is 2.16 bits per heavy atom. The van der Waals surface area contributed by atoms with Gasteiger partial charge in [-0.2, -0.15) is 5.10 Å². The van der Waals surface area contributed by atoms with Gasteiger partial charge in [-0.15, -0.1) is 0 Å². The zero-order valence-corrected chi connectivity index (χ0v) is 10.4. The average molecular weight is 262 g/mol. The molecule has 0 bridgehead atoms. The minimum atomic E-state index is -1.02. The molecular formula is C13H14N2O4. The number of carbonyl (C=O) groups is 2. The molecule has 19 heavy (non-hydrogen) atoms. The molecule has 1 heterocycles. The predicted molar refractivity (Wildman–Crippen MR) is 68.0 cm³/mol. The molecule has 1 amide bonds. The van der Waals surface area contributed by atoms with Crippen LogP contribution < -0.4 is 10.2 Å². The van der Waals surface area contributed by atoms with Gasteiger partial charge in [0.25, 0.3) is 0 Å². The Labute approximate surface area is 110 Å². The first-order chi connectivity index (χ1) is 9.06. The van der Waals surface area contributed by atoms with Crippen molar-refractivity contribution in [2.45, 2.75) is 13.3 Å². The normalized spacial score (nSPS) is 18.5. The lowest BCUT2D eigenvalue weighted by Crippen LogP contribution is -2.31. The van der Waals surface area contributed by atoms with Crippen LogP contribution in [0.1, 0.15) is 18.9 Å². The minimum Gasteiger partial charge on any atom is -0.482 e. The number of benzene rings is 1. The number of carboxylic acids is 1. The van der Waals surface area contributed by atoms with Gasteiger partial charge in [-0.25, -0.2) is 10.2 Å². The molecule has 2 rings (SSSR count). The molecule has 1 unspecified atom stereocenters. The summed E-state index contributed by atoms with van der Waals surface area (Å²) in [6.45, 7) is 1.57. The molecular weight excluding hydrogens is 248 g/mol. The van der Waals surface area contributed by atoms with E-state index in [9.17, 15) is 9.59 Å². The van der Waals surface area contributed by atoms with E-state index in [2.05, 4.69) is 10.5 Å². The second-order valence-corrected chi connectivity index (χ2v) is 4.34. The first-order valence-corrected chi connectivity index (χ1v) is 5.87. The number of amides is 1. The van der Waals surface area contributed by atoms with Gasteiger partial charge in [0.15, 0.2) is 6.61 Å². The number of rotatable bonds is 4. The van der Waals surface area contributed by atoms with E-state index < -0.39 is 5.97 Å². The predicted octanol–water partition coefficient (Wildman–Crippen LogP) is 1.01. The fraction of sp³-hybridized carbons (Fsp3) is 0.308. The minimum absolute atomic E-state index is 0.0551. The fourth-order valence-electron chi connectivity index (χ4n) is 1.87. The number of nitrogens with zero attached hydrogens (tertiary/aromatic N) is 1. The van der Waals surface area contributed by atoms with Gasteiger partial charge in [-0.3, -0.25) is 4.79 Å². The van der Waals surface area contributed by atoms with E-state index in [1.807, 2.05) is 6.92 Å². The van der Waals surface area contributed by atoms with Crippen LogP contribution in [-0.2, 0) is 9.59 Å². The van der Waals surface area contributed by atoms with Crippen LogP contribution in [0.25, 0.3) is 0 Å². The van der Waals surface area contributed by atoms with Crippen LogP contribution in [0.15, 0.2) is 29.4 Å². The first-order valence-electron chi connectivity index (χ1n) is 5.87. The molecule has 1 aromatic carbocycles. The van der Waals surface area contributed by atoms with Gasteiger partial charge in [0, 0.05) is 12.3 Å². The summed E-state index contributed by atoms with van der Waals surface area (Å²) in [5.41, 5.74) is 4.15. The summed E-state index contributed by atoms with van der Waals surface area (Å²) in [6, 6.07) is 6.96. The molecule has 100 valence electrons.